The number of rotatable bonds is 53. The van der Waals surface area contributed by atoms with Gasteiger partial charge >= 0.3 is 11.9 Å². The maximum atomic E-state index is 12.2. The first kappa shape index (κ1) is 63.6. The summed E-state index contributed by atoms with van der Waals surface area (Å²) in [5.41, 5.74) is 0. The van der Waals surface area contributed by atoms with Crippen molar-refractivity contribution in [3.63, 3.8) is 0 Å². The summed E-state index contributed by atoms with van der Waals surface area (Å²) >= 11 is 0. The van der Waals surface area contributed by atoms with Gasteiger partial charge in [-0.1, -0.05) is 267 Å². The topological polar surface area (TPSA) is 72.8 Å². The molecule has 0 rings (SSSR count). The summed E-state index contributed by atoms with van der Waals surface area (Å²) in [6.07, 6.45) is 76.5. The third-order valence-electron chi connectivity index (χ3n) is 12.8. The minimum Gasteiger partial charge on any atom is -0.462 e. The molecule has 0 amide bonds. The van der Waals surface area contributed by atoms with Crippen LogP contribution in [0, 0.1) is 0 Å². The van der Waals surface area contributed by atoms with Crippen LogP contribution in [0.2, 0.25) is 0 Å². The summed E-state index contributed by atoms with van der Waals surface area (Å²) in [5, 5.41) is 9.63. The van der Waals surface area contributed by atoms with Gasteiger partial charge in [-0.05, 0) is 77.0 Å². The van der Waals surface area contributed by atoms with Crippen LogP contribution in [-0.2, 0) is 19.1 Å². The van der Waals surface area contributed by atoms with E-state index in [-0.39, 0.29) is 25.2 Å². The number of esters is 2. The first-order valence-electron chi connectivity index (χ1n) is 28.8. The molecule has 0 spiro atoms. The van der Waals surface area contributed by atoms with E-state index in [1.807, 2.05) is 0 Å². The van der Waals surface area contributed by atoms with Crippen LogP contribution < -0.4 is 0 Å². The molecule has 0 aromatic carbocycles. The Morgan fingerprint density at radius 2 is 0.652 bits per heavy atom. The molecule has 0 saturated carbocycles. The second kappa shape index (κ2) is 56.9. The lowest BCUT2D eigenvalue weighted by molar-refractivity contribution is -0.161. The number of hydrogen-bond acceptors (Lipinski definition) is 5. The average Bonchev–Trinajstić information content (AvgIpc) is 3.32. The quantitative estimate of drug-likeness (QED) is 0.0374. The minimum atomic E-state index is -0.786. The van der Waals surface area contributed by atoms with Gasteiger partial charge in [0.1, 0.15) is 6.61 Å². The van der Waals surface area contributed by atoms with Gasteiger partial charge in [-0.15, -0.1) is 0 Å². The van der Waals surface area contributed by atoms with Gasteiger partial charge in [0, 0.05) is 12.8 Å². The van der Waals surface area contributed by atoms with Crippen molar-refractivity contribution in [2.24, 2.45) is 0 Å². The number of hydrogen-bond donors (Lipinski definition) is 1. The third kappa shape index (κ3) is 54.2. The fourth-order valence-corrected chi connectivity index (χ4v) is 8.49. The van der Waals surface area contributed by atoms with E-state index < -0.39 is 6.10 Å². The normalized spacial score (nSPS) is 12.6. The van der Waals surface area contributed by atoms with Crippen molar-refractivity contribution in [2.75, 3.05) is 13.2 Å². The predicted octanol–water partition coefficient (Wildman–Crippen LogP) is 19.4. The van der Waals surface area contributed by atoms with Gasteiger partial charge < -0.3 is 14.6 Å². The first-order chi connectivity index (χ1) is 32.6. The molecule has 384 valence electrons. The predicted molar refractivity (Wildman–Crippen MR) is 288 cm³/mol. The molecule has 0 fully saturated rings. The first-order valence-corrected chi connectivity index (χ1v) is 28.8. The molecule has 1 atom stereocenters. The van der Waals surface area contributed by atoms with Crippen LogP contribution in [0.3, 0.4) is 0 Å². The van der Waals surface area contributed by atoms with Gasteiger partial charge in [0.2, 0.25) is 0 Å². The molecule has 0 radical (unpaired) electrons. The highest BCUT2D eigenvalue weighted by molar-refractivity contribution is 5.70. The maximum absolute atomic E-state index is 12.2. The van der Waals surface area contributed by atoms with Crippen molar-refractivity contribution in [3.8, 4) is 0 Å². The summed E-state index contributed by atoms with van der Waals surface area (Å²) in [6.45, 7) is 4.03. The zero-order valence-electron chi connectivity index (χ0n) is 44.0. The summed E-state index contributed by atoms with van der Waals surface area (Å²) in [4.78, 5) is 24.5. The number of carbonyl (C=O) groups is 2. The van der Waals surface area contributed by atoms with Gasteiger partial charge in [-0.3, -0.25) is 9.59 Å². The molecule has 0 aliphatic heterocycles. The van der Waals surface area contributed by atoms with Crippen molar-refractivity contribution < 1.29 is 24.2 Å². The molecule has 0 aromatic rings. The van der Waals surface area contributed by atoms with Crippen molar-refractivity contribution in [2.45, 2.75) is 302 Å². The van der Waals surface area contributed by atoms with E-state index in [1.165, 1.54) is 193 Å². The summed E-state index contributed by atoms with van der Waals surface area (Å²) < 4.78 is 10.7. The van der Waals surface area contributed by atoms with E-state index in [1.54, 1.807) is 0 Å². The third-order valence-corrected chi connectivity index (χ3v) is 12.8. The molecule has 0 heterocycles. The van der Waals surface area contributed by atoms with Crippen LogP contribution in [0.5, 0.6) is 0 Å². The van der Waals surface area contributed by atoms with Crippen molar-refractivity contribution in [3.05, 3.63) is 60.8 Å². The van der Waals surface area contributed by atoms with Crippen molar-refractivity contribution in [1.82, 2.24) is 0 Å². The Morgan fingerprint density at radius 1 is 0.364 bits per heavy atom. The average molecular weight is 924 g/mol. The van der Waals surface area contributed by atoms with Gasteiger partial charge in [0.25, 0.3) is 0 Å². The Morgan fingerprint density at radius 3 is 1.00 bits per heavy atom. The van der Waals surface area contributed by atoms with Crippen molar-refractivity contribution >= 4 is 11.9 Å². The minimum absolute atomic E-state index is 0.0749. The Balaban J connectivity index is 3.42. The zero-order chi connectivity index (χ0) is 47.7. The van der Waals surface area contributed by atoms with Crippen LogP contribution in [0.25, 0.3) is 0 Å². The Kier molecular flexibility index (Phi) is 54.9. The molecule has 1 N–H and O–H groups in total. The molecule has 5 heteroatoms. The molecule has 5 nitrogen and oxygen atoms in total. The van der Waals surface area contributed by atoms with Crippen molar-refractivity contribution in [1.29, 1.82) is 0 Å². The molecule has 0 aromatic heterocycles. The number of allylic oxidation sites excluding steroid dienone is 10. The standard InChI is InChI=1S/C61H110O5/c1-3-5-7-9-11-13-15-17-19-21-22-23-24-25-26-27-28-29-30-31-32-33-34-35-36-37-38-40-41-43-45-47-49-51-53-55-60(63)65-58-59(57-62)66-61(64)56-54-52-50-48-46-44-42-39-20-18-16-14-12-10-8-6-4-2/h6,8,12,14,18,20-22,42,44,59,62H,3-5,7,9-11,13,15-17,19,23-41,43,45-58H2,1-2H3/b8-6-,14-12-,20-18-,22-21-,44-42-. The highest BCUT2D eigenvalue weighted by atomic mass is 16.6. The van der Waals surface area contributed by atoms with E-state index >= 15 is 0 Å². The summed E-state index contributed by atoms with van der Waals surface area (Å²) in [7, 11) is 0. The van der Waals surface area contributed by atoms with Gasteiger partial charge in [0.05, 0.1) is 6.61 Å². The second-order valence-corrected chi connectivity index (χ2v) is 19.3. The van der Waals surface area contributed by atoms with Gasteiger partial charge in [-0.2, -0.15) is 0 Å². The number of carbonyl (C=O) groups excluding carboxylic acids is 2. The molecular weight excluding hydrogens is 813 g/mol. The Hall–Kier alpha value is -2.40. The fraction of sp³-hybridized carbons (Fsp3) is 0.803. The van der Waals surface area contributed by atoms with Crippen LogP contribution >= 0.6 is 0 Å². The summed E-state index contributed by atoms with van der Waals surface area (Å²) in [5.74, 6) is -0.609. The smallest absolute Gasteiger partial charge is 0.306 e. The molecule has 0 aliphatic carbocycles. The maximum Gasteiger partial charge on any atom is 0.306 e. The summed E-state index contributed by atoms with van der Waals surface area (Å²) in [6, 6.07) is 0. The molecule has 1 unspecified atom stereocenters. The lowest BCUT2D eigenvalue weighted by Gasteiger charge is -2.15. The van der Waals surface area contributed by atoms with Crippen LogP contribution in [0.4, 0.5) is 0 Å². The molecule has 66 heavy (non-hydrogen) atoms. The highest BCUT2D eigenvalue weighted by Crippen LogP contribution is 2.17. The van der Waals surface area contributed by atoms with E-state index in [9.17, 15) is 14.7 Å². The number of aliphatic hydroxyl groups excluding tert-OH is 1. The lowest BCUT2D eigenvalue weighted by atomic mass is 10.0. The second-order valence-electron chi connectivity index (χ2n) is 19.3. The van der Waals surface area contributed by atoms with E-state index in [2.05, 4.69) is 74.6 Å². The Bertz CT molecular complexity index is 1130. The van der Waals surface area contributed by atoms with Crippen LogP contribution in [-0.4, -0.2) is 36.4 Å². The van der Waals surface area contributed by atoms with Crippen LogP contribution in [0.1, 0.15) is 296 Å². The lowest BCUT2D eigenvalue weighted by Crippen LogP contribution is -2.28. The number of unbranched alkanes of at least 4 members (excludes halogenated alkanes) is 35. The molecule has 0 aliphatic rings. The van der Waals surface area contributed by atoms with Gasteiger partial charge in [0.15, 0.2) is 6.10 Å². The largest absolute Gasteiger partial charge is 0.462 e. The van der Waals surface area contributed by atoms with E-state index in [4.69, 9.17) is 9.47 Å². The zero-order valence-corrected chi connectivity index (χ0v) is 44.0. The van der Waals surface area contributed by atoms with Gasteiger partial charge in [-0.25, -0.2) is 0 Å². The molecule has 0 saturated heterocycles. The highest BCUT2D eigenvalue weighted by Gasteiger charge is 2.16. The fourth-order valence-electron chi connectivity index (χ4n) is 8.49. The number of ether oxygens (including phenoxy) is 2. The Labute approximate surface area is 411 Å². The molecular formula is C61H110O5. The monoisotopic (exact) mass is 923 g/mol. The van der Waals surface area contributed by atoms with E-state index in [0.29, 0.717) is 12.8 Å². The van der Waals surface area contributed by atoms with Crippen LogP contribution in [0.15, 0.2) is 60.8 Å². The molecule has 0 bridgehead atoms. The van der Waals surface area contributed by atoms with E-state index in [0.717, 1.165) is 77.0 Å². The SMILES string of the molecule is CC/C=C\C/C=C\C/C=C\C/C=C\CCCCCCC(=O)OC(CO)COC(=O)CCCCCCCCCCCCCCCCCCCCCCCCC/C=C\CCCCCCCCCC. The number of aliphatic hydroxyl groups is 1.